The Bertz CT molecular complexity index is 566. The molecule has 19 heavy (non-hydrogen) atoms. The van der Waals surface area contributed by atoms with E-state index in [1.165, 1.54) is 16.9 Å². The minimum atomic E-state index is -0.203. The highest BCUT2D eigenvalue weighted by atomic mass is 16.5. The summed E-state index contributed by atoms with van der Waals surface area (Å²) in [6.07, 6.45) is 2.05. The summed E-state index contributed by atoms with van der Waals surface area (Å²) in [6, 6.07) is 11.1. The van der Waals surface area contributed by atoms with Crippen LogP contribution in [0.5, 0.6) is 5.75 Å². The van der Waals surface area contributed by atoms with Crippen molar-refractivity contribution >= 4 is 0 Å². The van der Waals surface area contributed by atoms with Crippen LogP contribution in [0.3, 0.4) is 0 Å². The molecular formula is C14H16N2O3. The second kappa shape index (κ2) is 6.70. The number of aliphatic hydroxyl groups is 1. The predicted octanol–water partition coefficient (Wildman–Crippen LogP) is 1.05. The van der Waals surface area contributed by atoms with E-state index >= 15 is 0 Å². The zero-order chi connectivity index (χ0) is 13.5. The maximum Gasteiger partial charge on any atom is 0.270 e. The van der Waals surface area contributed by atoms with E-state index < -0.39 is 0 Å². The Hall–Kier alpha value is -2.14. The summed E-state index contributed by atoms with van der Waals surface area (Å²) in [4.78, 5) is 11.8. The van der Waals surface area contributed by atoms with E-state index in [4.69, 9.17) is 9.84 Å². The molecule has 1 heterocycles. The molecule has 0 atom stereocenters. The van der Waals surface area contributed by atoms with E-state index in [9.17, 15) is 4.79 Å². The van der Waals surface area contributed by atoms with Crippen LogP contribution in [-0.2, 0) is 6.54 Å². The number of rotatable bonds is 6. The van der Waals surface area contributed by atoms with Crippen molar-refractivity contribution in [2.75, 3.05) is 13.2 Å². The first kappa shape index (κ1) is 13.3. The Morgan fingerprint density at radius 1 is 1.26 bits per heavy atom. The summed E-state index contributed by atoms with van der Waals surface area (Å²) >= 11 is 0. The fourth-order valence-corrected chi connectivity index (χ4v) is 1.63. The van der Waals surface area contributed by atoms with Gasteiger partial charge in [-0.05, 0) is 5.56 Å². The predicted molar refractivity (Wildman–Crippen MR) is 71.2 cm³/mol. The van der Waals surface area contributed by atoms with Gasteiger partial charge in [-0.25, -0.2) is 4.68 Å². The Balaban J connectivity index is 2.05. The second-order valence-corrected chi connectivity index (χ2v) is 4.10. The molecule has 5 heteroatoms. The van der Waals surface area contributed by atoms with Crippen molar-refractivity contribution in [3.05, 3.63) is 58.5 Å². The molecule has 0 bridgehead atoms. The molecule has 0 aliphatic rings. The number of hydrogen-bond donors (Lipinski definition) is 1. The molecule has 0 aliphatic carbocycles. The van der Waals surface area contributed by atoms with Gasteiger partial charge in [0, 0.05) is 19.1 Å². The van der Waals surface area contributed by atoms with Crippen molar-refractivity contribution in [3.63, 3.8) is 0 Å². The van der Waals surface area contributed by atoms with Gasteiger partial charge in [-0.2, -0.15) is 5.10 Å². The maximum absolute atomic E-state index is 11.8. The Kier molecular flexibility index (Phi) is 4.69. The number of ether oxygens (including phenoxy) is 1. The fraction of sp³-hybridized carbons (Fsp3) is 0.286. The van der Waals surface area contributed by atoms with E-state index in [-0.39, 0.29) is 12.2 Å². The molecule has 1 aromatic heterocycles. The lowest BCUT2D eigenvalue weighted by atomic mass is 10.2. The molecule has 1 N–H and O–H groups in total. The highest BCUT2D eigenvalue weighted by Gasteiger charge is 2.02. The average molecular weight is 260 g/mol. The average Bonchev–Trinajstić information content (AvgIpc) is 2.43. The van der Waals surface area contributed by atoms with Crippen LogP contribution < -0.4 is 10.3 Å². The van der Waals surface area contributed by atoms with Gasteiger partial charge in [0.1, 0.15) is 5.75 Å². The number of nitrogens with zero attached hydrogens (tertiary/aromatic N) is 2. The molecule has 1 aromatic carbocycles. The van der Waals surface area contributed by atoms with Crippen LogP contribution in [0.15, 0.2) is 47.4 Å². The van der Waals surface area contributed by atoms with Gasteiger partial charge in [-0.3, -0.25) is 4.79 Å². The first-order chi connectivity index (χ1) is 9.29. The molecule has 2 aromatic rings. The first-order valence-corrected chi connectivity index (χ1v) is 6.14. The van der Waals surface area contributed by atoms with E-state index in [0.29, 0.717) is 25.3 Å². The van der Waals surface area contributed by atoms with Gasteiger partial charge < -0.3 is 9.84 Å². The highest BCUT2D eigenvalue weighted by molar-refractivity contribution is 5.17. The standard InChI is InChI=1S/C14H16N2O3/c17-7-4-8-19-13-9-14(18)16(15-10-13)11-12-5-2-1-3-6-12/h1-3,5-6,9-10,17H,4,7-8,11H2. The molecule has 2 rings (SSSR count). The van der Waals surface area contributed by atoms with Crippen LogP contribution in [0.25, 0.3) is 0 Å². The van der Waals surface area contributed by atoms with Crippen molar-refractivity contribution in [2.24, 2.45) is 0 Å². The number of hydrogen-bond acceptors (Lipinski definition) is 4. The zero-order valence-electron chi connectivity index (χ0n) is 10.5. The third-order valence-corrected chi connectivity index (χ3v) is 2.59. The van der Waals surface area contributed by atoms with Crippen molar-refractivity contribution in [1.82, 2.24) is 9.78 Å². The van der Waals surface area contributed by atoms with Crippen molar-refractivity contribution in [3.8, 4) is 5.75 Å². The lowest BCUT2D eigenvalue weighted by Crippen LogP contribution is -2.22. The van der Waals surface area contributed by atoms with E-state index in [2.05, 4.69) is 5.10 Å². The zero-order valence-corrected chi connectivity index (χ0v) is 10.5. The minimum absolute atomic E-state index is 0.0680. The Morgan fingerprint density at radius 3 is 2.74 bits per heavy atom. The quantitative estimate of drug-likeness (QED) is 0.789. The van der Waals surface area contributed by atoms with Crippen LogP contribution in [0.1, 0.15) is 12.0 Å². The van der Waals surface area contributed by atoms with E-state index in [1.54, 1.807) is 0 Å². The van der Waals surface area contributed by atoms with Gasteiger partial charge in [0.15, 0.2) is 0 Å². The van der Waals surface area contributed by atoms with E-state index in [0.717, 1.165) is 5.56 Å². The largest absolute Gasteiger partial charge is 0.492 e. The second-order valence-electron chi connectivity index (χ2n) is 4.10. The van der Waals surface area contributed by atoms with Crippen molar-refractivity contribution < 1.29 is 9.84 Å². The summed E-state index contributed by atoms with van der Waals surface area (Å²) in [6.45, 7) is 0.884. The molecular weight excluding hydrogens is 244 g/mol. The lowest BCUT2D eigenvalue weighted by molar-refractivity contribution is 0.232. The van der Waals surface area contributed by atoms with Crippen molar-refractivity contribution in [2.45, 2.75) is 13.0 Å². The van der Waals surface area contributed by atoms with Gasteiger partial charge in [-0.15, -0.1) is 0 Å². The molecule has 0 saturated carbocycles. The van der Waals surface area contributed by atoms with Gasteiger partial charge in [0.05, 0.1) is 19.3 Å². The molecule has 100 valence electrons. The van der Waals surface area contributed by atoms with Crippen LogP contribution >= 0.6 is 0 Å². The van der Waals surface area contributed by atoms with Gasteiger partial charge in [0.2, 0.25) is 0 Å². The fourth-order valence-electron chi connectivity index (χ4n) is 1.63. The topological polar surface area (TPSA) is 64.3 Å². The molecule has 0 aliphatic heterocycles. The number of benzene rings is 1. The summed E-state index contributed by atoms with van der Waals surface area (Å²) in [7, 11) is 0. The number of aliphatic hydroxyl groups excluding tert-OH is 1. The van der Waals surface area contributed by atoms with Crippen LogP contribution in [-0.4, -0.2) is 28.1 Å². The van der Waals surface area contributed by atoms with Crippen LogP contribution in [0, 0.1) is 0 Å². The molecule has 0 fully saturated rings. The molecule has 0 unspecified atom stereocenters. The van der Waals surface area contributed by atoms with Gasteiger partial charge >= 0.3 is 0 Å². The van der Waals surface area contributed by atoms with E-state index in [1.807, 2.05) is 30.3 Å². The number of aromatic nitrogens is 2. The third kappa shape index (κ3) is 3.93. The minimum Gasteiger partial charge on any atom is -0.492 e. The third-order valence-electron chi connectivity index (χ3n) is 2.59. The SMILES string of the molecule is O=c1cc(OCCCO)cnn1Cc1ccccc1. The summed E-state index contributed by atoms with van der Waals surface area (Å²) < 4.78 is 6.68. The summed E-state index contributed by atoms with van der Waals surface area (Å²) in [5.74, 6) is 0.433. The van der Waals surface area contributed by atoms with Gasteiger partial charge in [-0.1, -0.05) is 30.3 Å². The molecule has 0 amide bonds. The molecule has 5 nitrogen and oxygen atoms in total. The molecule has 0 radical (unpaired) electrons. The normalized spacial score (nSPS) is 10.4. The maximum atomic E-state index is 11.8. The smallest absolute Gasteiger partial charge is 0.270 e. The van der Waals surface area contributed by atoms with Gasteiger partial charge in [0.25, 0.3) is 5.56 Å². The lowest BCUT2D eigenvalue weighted by Gasteiger charge is -2.07. The van der Waals surface area contributed by atoms with Crippen LogP contribution in [0.4, 0.5) is 0 Å². The summed E-state index contributed by atoms with van der Waals surface area (Å²) in [5, 5.41) is 12.7. The summed E-state index contributed by atoms with van der Waals surface area (Å²) in [5.41, 5.74) is 0.816. The highest BCUT2D eigenvalue weighted by Crippen LogP contribution is 2.05. The Labute approximate surface area is 111 Å². The Morgan fingerprint density at radius 2 is 2.05 bits per heavy atom. The molecule has 0 saturated heterocycles. The van der Waals surface area contributed by atoms with Crippen molar-refractivity contribution in [1.29, 1.82) is 0 Å². The van der Waals surface area contributed by atoms with Crippen LogP contribution in [0.2, 0.25) is 0 Å². The first-order valence-electron chi connectivity index (χ1n) is 6.14. The monoisotopic (exact) mass is 260 g/mol. The molecule has 0 spiro atoms.